The molecule has 1 heterocycles. The monoisotopic (exact) mass is 311 g/mol. The summed E-state index contributed by atoms with van der Waals surface area (Å²) >= 11 is 11.8. The highest BCUT2D eigenvalue weighted by Gasteiger charge is 2.04. The first kappa shape index (κ1) is 14.8. The third kappa shape index (κ3) is 3.68. The topological polar surface area (TPSA) is 37.3 Å². The molecule has 1 N–H and O–H groups in total. The van der Waals surface area contributed by atoms with Gasteiger partial charge in [0.15, 0.2) is 5.82 Å². The van der Waals surface area contributed by atoms with Crippen LogP contribution in [0.15, 0.2) is 41.6 Å². The van der Waals surface area contributed by atoms with Gasteiger partial charge in [0.25, 0.3) is 0 Å². The summed E-state index contributed by atoms with van der Waals surface area (Å²) in [6.45, 7) is 1.96. The number of halogens is 3. The first-order valence-corrected chi connectivity index (χ1v) is 6.75. The lowest BCUT2D eigenvalue weighted by Crippen LogP contribution is -2.04. The van der Waals surface area contributed by atoms with Crippen molar-refractivity contribution in [1.82, 2.24) is 4.98 Å². The van der Waals surface area contributed by atoms with E-state index in [1.165, 1.54) is 18.3 Å². The lowest BCUT2D eigenvalue weighted by molar-refractivity contribution is 0.627. The van der Waals surface area contributed by atoms with Gasteiger partial charge in [-0.05, 0) is 30.2 Å². The van der Waals surface area contributed by atoms with Gasteiger partial charge in [0, 0.05) is 6.20 Å². The van der Waals surface area contributed by atoms with Crippen LogP contribution in [0.1, 0.15) is 18.9 Å². The zero-order valence-corrected chi connectivity index (χ0v) is 12.2. The van der Waals surface area contributed by atoms with Crippen LogP contribution >= 0.6 is 23.2 Å². The molecule has 0 fully saturated rings. The Bertz CT molecular complexity index is 627. The van der Waals surface area contributed by atoms with Gasteiger partial charge in [-0.3, -0.25) is 5.43 Å². The fourth-order valence-electron chi connectivity index (χ4n) is 1.61. The number of nitrogens with one attached hydrogen (secondary N) is 1. The second-order valence-corrected chi connectivity index (χ2v) is 4.86. The molecule has 104 valence electrons. The van der Waals surface area contributed by atoms with Crippen LogP contribution in [-0.4, -0.2) is 10.7 Å². The van der Waals surface area contributed by atoms with Crippen LogP contribution in [0, 0.1) is 5.82 Å². The molecule has 0 unspecified atom stereocenters. The van der Waals surface area contributed by atoms with E-state index < -0.39 is 0 Å². The van der Waals surface area contributed by atoms with E-state index in [-0.39, 0.29) is 5.82 Å². The van der Waals surface area contributed by atoms with Gasteiger partial charge in [-0.1, -0.05) is 42.3 Å². The molecule has 0 aliphatic rings. The number of benzene rings is 1. The minimum Gasteiger partial charge on any atom is -0.260 e. The molecule has 6 heteroatoms. The van der Waals surface area contributed by atoms with E-state index in [1.807, 2.05) is 6.92 Å². The Kier molecular flexibility index (Phi) is 4.93. The highest BCUT2D eigenvalue weighted by atomic mass is 35.5. The Morgan fingerprint density at radius 1 is 1.30 bits per heavy atom. The lowest BCUT2D eigenvalue weighted by atomic mass is 10.1. The Labute approximate surface area is 126 Å². The zero-order valence-electron chi connectivity index (χ0n) is 10.7. The fourth-order valence-corrected chi connectivity index (χ4v) is 2.03. The Morgan fingerprint density at radius 3 is 2.60 bits per heavy atom. The molecule has 0 atom stereocenters. The highest BCUT2D eigenvalue weighted by Crippen LogP contribution is 2.22. The van der Waals surface area contributed by atoms with Gasteiger partial charge in [0.2, 0.25) is 0 Å². The molecule has 0 aliphatic heterocycles. The average molecular weight is 312 g/mol. The molecule has 0 radical (unpaired) electrons. The van der Waals surface area contributed by atoms with Crippen molar-refractivity contribution in [2.45, 2.75) is 13.3 Å². The van der Waals surface area contributed by atoms with Crippen LogP contribution in [0.2, 0.25) is 10.0 Å². The van der Waals surface area contributed by atoms with Crippen molar-refractivity contribution in [3.8, 4) is 0 Å². The second kappa shape index (κ2) is 6.68. The average Bonchev–Trinajstić information content (AvgIpc) is 2.43. The number of aromatic nitrogens is 1. The van der Waals surface area contributed by atoms with E-state index in [1.54, 1.807) is 18.2 Å². The third-order valence-corrected chi connectivity index (χ3v) is 3.11. The van der Waals surface area contributed by atoms with Crippen molar-refractivity contribution < 1.29 is 4.39 Å². The maximum atomic E-state index is 12.9. The molecule has 0 saturated carbocycles. The fraction of sp³-hybridized carbons (Fsp3) is 0.143. The van der Waals surface area contributed by atoms with E-state index in [0.717, 1.165) is 11.3 Å². The summed E-state index contributed by atoms with van der Waals surface area (Å²) in [5.41, 5.74) is 4.41. The van der Waals surface area contributed by atoms with Crippen molar-refractivity contribution in [2.24, 2.45) is 5.10 Å². The molecule has 2 aromatic rings. The normalized spacial score (nSPS) is 11.5. The van der Waals surface area contributed by atoms with Gasteiger partial charge in [0.1, 0.15) is 5.82 Å². The number of hydrazone groups is 1. The van der Waals surface area contributed by atoms with E-state index >= 15 is 0 Å². The van der Waals surface area contributed by atoms with Crippen LogP contribution in [0.4, 0.5) is 10.2 Å². The SMILES string of the molecule is CC/C(=N\Nc1ncc(Cl)cc1Cl)c1ccc(F)cc1. The maximum absolute atomic E-state index is 12.9. The van der Waals surface area contributed by atoms with E-state index in [0.29, 0.717) is 22.3 Å². The van der Waals surface area contributed by atoms with Crippen LogP contribution in [0.5, 0.6) is 0 Å². The molecule has 1 aromatic heterocycles. The molecule has 0 aliphatic carbocycles. The van der Waals surface area contributed by atoms with E-state index in [2.05, 4.69) is 15.5 Å². The Balaban J connectivity index is 2.21. The minimum atomic E-state index is -0.278. The van der Waals surface area contributed by atoms with Gasteiger partial charge >= 0.3 is 0 Å². The van der Waals surface area contributed by atoms with Crippen molar-refractivity contribution in [3.63, 3.8) is 0 Å². The van der Waals surface area contributed by atoms with Crippen LogP contribution in [0.25, 0.3) is 0 Å². The number of hydrogen-bond donors (Lipinski definition) is 1. The molecule has 0 amide bonds. The van der Waals surface area contributed by atoms with E-state index in [9.17, 15) is 4.39 Å². The van der Waals surface area contributed by atoms with Crippen LogP contribution < -0.4 is 5.43 Å². The van der Waals surface area contributed by atoms with Crippen molar-refractivity contribution in [3.05, 3.63) is 58.0 Å². The van der Waals surface area contributed by atoms with Crippen molar-refractivity contribution >= 4 is 34.7 Å². The molecular formula is C14H12Cl2FN3. The number of pyridine rings is 1. The Morgan fingerprint density at radius 2 is 2.00 bits per heavy atom. The van der Waals surface area contributed by atoms with Gasteiger partial charge in [0.05, 0.1) is 15.8 Å². The Hall–Kier alpha value is -1.65. The largest absolute Gasteiger partial charge is 0.260 e. The summed E-state index contributed by atoms with van der Waals surface area (Å²) in [5, 5.41) is 5.10. The summed E-state index contributed by atoms with van der Waals surface area (Å²) in [6, 6.07) is 7.73. The summed E-state index contributed by atoms with van der Waals surface area (Å²) in [5.74, 6) is 0.142. The summed E-state index contributed by atoms with van der Waals surface area (Å²) < 4.78 is 12.9. The van der Waals surface area contributed by atoms with E-state index in [4.69, 9.17) is 23.2 Å². The molecule has 3 nitrogen and oxygen atoms in total. The highest BCUT2D eigenvalue weighted by molar-refractivity contribution is 6.35. The molecule has 0 spiro atoms. The molecule has 2 rings (SSSR count). The molecular weight excluding hydrogens is 300 g/mol. The zero-order chi connectivity index (χ0) is 14.5. The van der Waals surface area contributed by atoms with Gasteiger partial charge in [-0.2, -0.15) is 5.10 Å². The number of anilines is 1. The first-order valence-electron chi connectivity index (χ1n) is 5.99. The number of rotatable bonds is 4. The predicted octanol–water partition coefficient (Wildman–Crippen LogP) is 4.75. The lowest BCUT2D eigenvalue weighted by Gasteiger charge is -2.06. The molecule has 0 saturated heterocycles. The first-order chi connectivity index (χ1) is 9.60. The smallest absolute Gasteiger partial charge is 0.165 e. The van der Waals surface area contributed by atoms with Crippen molar-refractivity contribution in [2.75, 3.05) is 5.43 Å². The van der Waals surface area contributed by atoms with Gasteiger partial charge < -0.3 is 0 Å². The maximum Gasteiger partial charge on any atom is 0.165 e. The molecule has 20 heavy (non-hydrogen) atoms. The summed E-state index contributed by atoms with van der Waals surface area (Å²) in [6.07, 6.45) is 2.17. The van der Waals surface area contributed by atoms with Crippen molar-refractivity contribution in [1.29, 1.82) is 0 Å². The van der Waals surface area contributed by atoms with Gasteiger partial charge in [-0.25, -0.2) is 9.37 Å². The summed E-state index contributed by atoms with van der Waals surface area (Å²) in [7, 11) is 0. The third-order valence-electron chi connectivity index (χ3n) is 2.62. The predicted molar refractivity (Wildman–Crippen MR) is 81.1 cm³/mol. The molecule has 0 bridgehead atoms. The standard InChI is InChI=1S/C14H12Cl2FN3/c1-2-13(9-3-5-11(17)6-4-9)19-20-14-12(16)7-10(15)8-18-14/h3-8H,2H2,1H3,(H,18,20)/b19-13+. The minimum absolute atomic E-state index is 0.278. The van der Waals surface area contributed by atoms with Gasteiger partial charge in [-0.15, -0.1) is 0 Å². The molecule has 1 aromatic carbocycles. The quantitative estimate of drug-likeness (QED) is 0.653. The van der Waals surface area contributed by atoms with Crippen LogP contribution in [-0.2, 0) is 0 Å². The van der Waals surface area contributed by atoms with Crippen LogP contribution in [0.3, 0.4) is 0 Å². The number of nitrogens with zero attached hydrogens (tertiary/aromatic N) is 2. The second-order valence-electron chi connectivity index (χ2n) is 4.01. The number of hydrogen-bond acceptors (Lipinski definition) is 3. The summed E-state index contributed by atoms with van der Waals surface area (Å²) in [4.78, 5) is 4.05.